The van der Waals surface area contributed by atoms with Gasteiger partial charge in [0.2, 0.25) is 11.9 Å². The highest BCUT2D eigenvalue weighted by atomic mass is 32.1. The van der Waals surface area contributed by atoms with Crippen LogP contribution in [0.5, 0.6) is 0 Å². The van der Waals surface area contributed by atoms with E-state index in [0.717, 1.165) is 53.7 Å². The zero-order valence-corrected chi connectivity index (χ0v) is 21.3. The van der Waals surface area contributed by atoms with E-state index in [1.807, 2.05) is 18.2 Å². The Morgan fingerprint density at radius 3 is 2.86 bits per heavy atom. The van der Waals surface area contributed by atoms with Crippen LogP contribution in [-0.4, -0.2) is 49.1 Å². The molecule has 3 atom stereocenters. The summed E-state index contributed by atoms with van der Waals surface area (Å²) < 4.78 is 0. The number of aromatic nitrogens is 4. The maximum atomic E-state index is 13.0. The largest absolute Gasteiger partial charge is 0.393 e. The van der Waals surface area contributed by atoms with Crippen molar-refractivity contribution in [2.75, 3.05) is 10.6 Å². The average molecular weight is 506 g/mol. The Balaban J connectivity index is 1.28. The molecule has 1 amide bonds. The monoisotopic (exact) mass is 505 g/mol. The number of thiazole rings is 1. The third-order valence-electron chi connectivity index (χ3n) is 7.95. The molecule has 1 aliphatic heterocycles. The molecule has 3 aromatic rings. The number of hydrogen-bond donors (Lipinski definition) is 4. The Morgan fingerprint density at radius 2 is 2.06 bits per heavy atom. The minimum atomic E-state index is -0.226. The lowest BCUT2D eigenvalue weighted by Crippen LogP contribution is -2.30. The second-order valence-electron chi connectivity index (χ2n) is 10.6. The highest BCUT2D eigenvalue weighted by Crippen LogP contribution is 2.53. The number of rotatable bonds is 6. The molecule has 3 aliphatic rings. The molecule has 2 saturated carbocycles. The molecule has 10 heteroatoms. The van der Waals surface area contributed by atoms with Gasteiger partial charge in [-0.25, -0.2) is 15.0 Å². The molecule has 4 heterocycles. The predicted octanol–water partition coefficient (Wildman–Crippen LogP) is 3.95. The van der Waals surface area contributed by atoms with Crippen molar-refractivity contribution in [3.63, 3.8) is 0 Å². The number of nitrogens with one attached hydrogen (secondary N) is 3. The van der Waals surface area contributed by atoms with Crippen LogP contribution in [0, 0.1) is 11.3 Å². The minimum absolute atomic E-state index is 0.00535. The average Bonchev–Trinajstić information content (AvgIpc) is 3.34. The van der Waals surface area contributed by atoms with Crippen LogP contribution in [0.3, 0.4) is 0 Å². The summed E-state index contributed by atoms with van der Waals surface area (Å²) in [6.07, 6.45) is 8.38. The first kappa shape index (κ1) is 23.3. The fourth-order valence-electron chi connectivity index (χ4n) is 5.31. The molecule has 0 aromatic carbocycles. The summed E-state index contributed by atoms with van der Waals surface area (Å²) in [4.78, 5) is 32.3. The second kappa shape index (κ2) is 9.08. The van der Waals surface area contributed by atoms with Gasteiger partial charge in [-0.3, -0.25) is 4.79 Å². The Kier molecular flexibility index (Phi) is 5.88. The molecule has 4 N–H and O–H groups in total. The molecule has 36 heavy (non-hydrogen) atoms. The summed E-state index contributed by atoms with van der Waals surface area (Å²) in [7, 11) is 0. The summed E-state index contributed by atoms with van der Waals surface area (Å²) >= 11 is 1.47. The Morgan fingerprint density at radius 1 is 1.22 bits per heavy atom. The van der Waals surface area contributed by atoms with Gasteiger partial charge in [0.25, 0.3) is 0 Å². The van der Waals surface area contributed by atoms with E-state index in [-0.39, 0.29) is 29.5 Å². The Labute approximate surface area is 213 Å². The van der Waals surface area contributed by atoms with E-state index in [1.165, 1.54) is 11.3 Å². The zero-order chi connectivity index (χ0) is 24.9. The van der Waals surface area contributed by atoms with Gasteiger partial charge in [0, 0.05) is 36.3 Å². The Hall–Kier alpha value is -3.11. The number of anilines is 3. The number of carbonyl (C=O) groups excluding carboxylic acids is 1. The second-order valence-corrected chi connectivity index (χ2v) is 11.6. The van der Waals surface area contributed by atoms with Crippen molar-refractivity contribution in [3.8, 4) is 0 Å². The van der Waals surface area contributed by atoms with Crippen LogP contribution in [0.2, 0.25) is 0 Å². The van der Waals surface area contributed by atoms with E-state index < -0.39 is 0 Å². The topological polar surface area (TPSA) is 125 Å². The number of nitrogens with zero attached hydrogens (tertiary/aromatic N) is 4. The van der Waals surface area contributed by atoms with E-state index >= 15 is 0 Å². The van der Waals surface area contributed by atoms with Crippen molar-refractivity contribution in [1.82, 2.24) is 25.3 Å². The molecule has 188 valence electrons. The number of amides is 1. The van der Waals surface area contributed by atoms with Crippen LogP contribution >= 0.6 is 11.3 Å². The van der Waals surface area contributed by atoms with Crippen molar-refractivity contribution in [1.29, 1.82) is 0 Å². The molecule has 3 aromatic heterocycles. The van der Waals surface area contributed by atoms with Crippen LogP contribution in [0.25, 0.3) is 10.3 Å². The fourth-order valence-corrected chi connectivity index (χ4v) is 6.12. The van der Waals surface area contributed by atoms with Crippen molar-refractivity contribution in [3.05, 3.63) is 41.7 Å². The van der Waals surface area contributed by atoms with Gasteiger partial charge in [-0.15, -0.1) is 0 Å². The molecule has 0 bridgehead atoms. The number of hydrogen-bond acceptors (Lipinski definition) is 9. The standard InChI is InChI=1S/C26H31N7O2S/c1-14-10-15(22(35)31-20-13-26(14,20)2)11-17-12-21(33-25-30-19-4-3-9-27-23(19)36-25)32-24(29-17)28-16-5-7-18(34)8-6-16/h3-4,9-10,12,14,16,18,20,34H,5-8,11,13H2,1-2H3,(H,31,35)(H2,28,29,30,32,33). The smallest absolute Gasteiger partial charge is 0.247 e. The first-order valence-electron chi connectivity index (χ1n) is 12.7. The number of carbonyl (C=O) groups is 1. The Bertz CT molecular complexity index is 1300. The maximum Gasteiger partial charge on any atom is 0.247 e. The van der Waals surface area contributed by atoms with Gasteiger partial charge in [0.05, 0.1) is 11.8 Å². The van der Waals surface area contributed by atoms with Crippen LogP contribution in [0.15, 0.2) is 36.0 Å². The van der Waals surface area contributed by atoms with Crippen LogP contribution < -0.4 is 16.0 Å². The number of pyridine rings is 1. The van der Waals surface area contributed by atoms with Crippen LogP contribution in [0.4, 0.5) is 16.9 Å². The lowest BCUT2D eigenvalue weighted by molar-refractivity contribution is -0.117. The lowest BCUT2D eigenvalue weighted by atomic mass is 9.90. The van der Waals surface area contributed by atoms with Crippen molar-refractivity contribution < 1.29 is 9.90 Å². The summed E-state index contributed by atoms with van der Waals surface area (Å²) in [6, 6.07) is 6.15. The number of aliphatic hydroxyl groups is 1. The number of allylic oxidation sites excluding steroid dienone is 1. The highest BCUT2D eigenvalue weighted by molar-refractivity contribution is 7.21. The molecule has 9 nitrogen and oxygen atoms in total. The minimum Gasteiger partial charge on any atom is -0.393 e. The maximum absolute atomic E-state index is 13.0. The molecule has 0 spiro atoms. The molecule has 0 saturated heterocycles. The molecule has 0 radical (unpaired) electrons. The molecule has 2 fully saturated rings. The van der Waals surface area contributed by atoms with E-state index in [9.17, 15) is 9.90 Å². The molecular weight excluding hydrogens is 474 g/mol. The third kappa shape index (κ3) is 4.67. The van der Waals surface area contributed by atoms with Gasteiger partial charge in [-0.1, -0.05) is 31.3 Å². The van der Waals surface area contributed by atoms with Gasteiger partial charge >= 0.3 is 0 Å². The summed E-state index contributed by atoms with van der Waals surface area (Å²) in [5, 5.41) is 20.6. The molecular formula is C26H31N7O2S. The van der Waals surface area contributed by atoms with Gasteiger partial charge in [-0.2, -0.15) is 4.98 Å². The van der Waals surface area contributed by atoms with Gasteiger partial charge in [0.15, 0.2) is 5.13 Å². The van der Waals surface area contributed by atoms with E-state index in [1.54, 1.807) is 6.20 Å². The SMILES string of the molecule is CC1C=C(Cc2cc(Nc3nc4cccnc4s3)nc(NC3CCC(O)CC3)n2)C(=O)NC2CC12C. The summed E-state index contributed by atoms with van der Waals surface area (Å²) in [5.74, 6) is 1.45. The first-order chi connectivity index (χ1) is 17.4. The summed E-state index contributed by atoms with van der Waals surface area (Å²) in [6.45, 7) is 4.43. The van der Waals surface area contributed by atoms with Gasteiger partial charge in [0.1, 0.15) is 16.2 Å². The van der Waals surface area contributed by atoms with Gasteiger partial charge < -0.3 is 21.1 Å². The van der Waals surface area contributed by atoms with Crippen molar-refractivity contribution >= 4 is 44.5 Å². The molecule has 6 rings (SSSR count). The van der Waals surface area contributed by atoms with Crippen molar-refractivity contribution in [2.45, 2.75) is 70.6 Å². The van der Waals surface area contributed by atoms with Crippen LogP contribution in [-0.2, 0) is 11.2 Å². The van der Waals surface area contributed by atoms with Crippen LogP contribution in [0.1, 0.15) is 51.6 Å². The summed E-state index contributed by atoms with van der Waals surface area (Å²) in [5.41, 5.74) is 2.49. The quantitative estimate of drug-likeness (QED) is 0.397. The normalized spacial score (nSPS) is 29.6. The van der Waals surface area contributed by atoms with E-state index in [4.69, 9.17) is 9.97 Å². The van der Waals surface area contributed by atoms with E-state index in [2.05, 4.69) is 45.8 Å². The molecule has 3 unspecified atom stereocenters. The highest BCUT2D eigenvalue weighted by Gasteiger charge is 2.55. The lowest BCUT2D eigenvalue weighted by Gasteiger charge is -2.26. The number of fused-ring (bicyclic) bond motifs is 2. The predicted molar refractivity (Wildman–Crippen MR) is 140 cm³/mol. The van der Waals surface area contributed by atoms with Gasteiger partial charge in [-0.05, 0) is 55.6 Å². The number of aliphatic hydroxyl groups excluding tert-OH is 1. The first-order valence-corrected chi connectivity index (χ1v) is 13.5. The van der Waals surface area contributed by atoms with Crippen molar-refractivity contribution in [2.24, 2.45) is 11.3 Å². The van der Waals surface area contributed by atoms with E-state index in [0.29, 0.717) is 29.2 Å². The molecule has 2 aliphatic carbocycles. The fraction of sp³-hybridized carbons (Fsp3) is 0.500. The zero-order valence-electron chi connectivity index (χ0n) is 20.5. The third-order valence-corrected chi connectivity index (χ3v) is 8.84.